The number of benzene rings is 2. The van der Waals surface area contributed by atoms with Gasteiger partial charge in [0.15, 0.2) is 0 Å². The lowest BCUT2D eigenvalue weighted by atomic mass is 9.93. The van der Waals surface area contributed by atoms with Crippen molar-refractivity contribution in [2.75, 3.05) is 20.1 Å². The van der Waals surface area contributed by atoms with Crippen LogP contribution >= 0.6 is 0 Å². The zero-order valence-electron chi connectivity index (χ0n) is 17.3. The molecule has 0 unspecified atom stereocenters. The van der Waals surface area contributed by atoms with E-state index >= 15 is 0 Å². The topological polar surface area (TPSA) is 55.6 Å². The summed E-state index contributed by atoms with van der Waals surface area (Å²) in [5.74, 6) is 0.605. The molecule has 0 saturated heterocycles. The third kappa shape index (κ3) is 5.43. The molecule has 4 nitrogen and oxygen atoms in total. The van der Waals surface area contributed by atoms with Crippen LogP contribution in [0.3, 0.4) is 0 Å². The van der Waals surface area contributed by atoms with Crippen molar-refractivity contribution in [1.82, 2.24) is 4.90 Å². The highest BCUT2D eigenvalue weighted by molar-refractivity contribution is 5.78. The zero-order chi connectivity index (χ0) is 20.1. The molecule has 0 aliphatic carbocycles. The second kappa shape index (κ2) is 9.35. The van der Waals surface area contributed by atoms with Gasteiger partial charge in [-0.2, -0.15) is 0 Å². The second-order valence-electron chi connectivity index (χ2n) is 8.34. The number of rotatable bonds is 4. The quantitative estimate of drug-likeness (QED) is 0.651. The van der Waals surface area contributed by atoms with E-state index in [-0.39, 0.29) is 5.97 Å². The van der Waals surface area contributed by atoms with E-state index < -0.39 is 6.04 Å². The van der Waals surface area contributed by atoms with Gasteiger partial charge in [0.25, 0.3) is 0 Å². The average Bonchev–Trinajstić information content (AvgIpc) is 2.66. The number of nitrogens with zero attached hydrogens (tertiary/aromatic N) is 1. The van der Waals surface area contributed by atoms with Crippen LogP contribution in [0.5, 0.6) is 5.75 Å². The maximum atomic E-state index is 12.3. The molecule has 1 aliphatic rings. The second-order valence-corrected chi connectivity index (χ2v) is 8.34. The van der Waals surface area contributed by atoms with Crippen molar-refractivity contribution in [3.63, 3.8) is 0 Å². The first-order chi connectivity index (χ1) is 13.4. The molecule has 2 aromatic rings. The maximum Gasteiger partial charge on any atom is 0.328 e. The van der Waals surface area contributed by atoms with Gasteiger partial charge in [-0.25, -0.2) is 4.79 Å². The molecule has 1 heterocycles. The fraction of sp³-hybridized carbons (Fsp3) is 0.458. The molecular weight excluding hydrogens is 348 g/mol. The number of carbonyl (C=O) groups excluding carboxylic acids is 1. The van der Waals surface area contributed by atoms with Crippen molar-refractivity contribution < 1.29 is 9.53 Å². The number of likely N-dealkylation sites (N-methyl/N-ethyl adjacent to an activating group) is 1. The summed E-state index contributed by atoms with van der Waals surface area (Å²) in [5.41, 5.74) is 11.3. The molecule has 0 amide bonds. The number of hydrogen-bond acceptors (Lipinski definition) is 4. The minimum Gasteiger partial charge on any atom is -0.425 e. The Bertz CT molecular complexity index is 816. The van der Waals surface area contributed by atoms with E-state index in [0.717, 1.165) is 32.4 Å². The van der Waals surface area contributed by atoms with Gasteiger partial charge in [-0.15, -0.1) is 0 Å². The van der Waals surface area contributed by atoms with Gasteiger partial charge in [0.2, 0.25) is 0 Å². The van der Waals surface area contributed by atoms with Crippen LogP contribution in [0.25, 0.3) is 0 Å². The number of nitrogens with two attached hydrogens (primary N) is 1. The summed E-state index contributed by atoms with van der Waals surface area (Å²) in [6.07, 6.45) is 3.56. The van der Waals surface area contributed by atoms with Crippen LogP contribution < -0.4 is 10.5 Å². The molecule has 0 radical (unpaired) electrons. The van der Waals surface area contributed by atoms with Crippen LogP contribution in [0.4, 0.5) is 0 Å². The molecule has 1 atom stereocenters. The Morgan fingerprint density at radius 3 is 2.39 bits per heavy atom. The number of esters is 1. The van der Waals surface area contributed by atoms with Crippen LogP contribution in [0.2, 0.25) is 0 Å². The summed E-state index contributed by atoms with van der Waals surface area (Å²) in [7, 11) is 2.17. The van der Waals surface area contributed by atoms with E-state index in [1.807, 2.05) is 12.1 Å². The van der Waals surface area contributed by atoms with E-state index in [1.54, 1.807) is 0 Å². The molecule has 150 valence electrons. The summed E-state index contributed by atoms with van der Waals surface area (Å²) < 4.78 is 5.59. The Morgan fingerprint density at radius 2 is 1.68 bits per heavy atom. The van der Waals surface area contributed by atoms with Gasteiger partial charge in [-0.05, 0) is 73.0 Å². The third-order valence-corrected chi connectivity index (χ3v) is 5.45. The standard InChI is InChI=1S/C24H32N2O2/c1-17(2)14-23(25)24(27)28-22-9-8-20-15-19-7-5-4-6-18(19)10-12-26(3)13-11-21(20)16-22/h4-9,16-17,23H,10-15,25H2,1-3H3/t23-/m0/s1. The molecule has 0 aromatic heterocycles. The highest BCUT2D eigenvalue weighted by atomic mass is 16.5. The van der Waals surface area contributed by atoms with E-state index in [9.17, 15) is 4.79 Å². The van der Waals surface area contributed by atoms with Gasteiger partial charge in [0, 0.05) is 13.1 Å². The minimum absolute atomic E-state index is 0.351. The molecule has 0 bridgehead atoms. The maximum absolute atomic E-state index is 12.3. The highest BCUT2D eigenvalue weighted by Gasteiger charge is 2.18. The predicted octanol–water partition coefficient (Wildman–Crippen LogP) is 3.59. The van der Waals surface area contributed by atoms with Crippen LogP contribution in [0.1, 0.15) is 42.5 Å². The Morgan fingerprint density at radius 1 is 1.04 bits per heavy atom. The number of carbonyl (C=O) groups is 1. The molecule has 0 fully saturated rings. The highest BCUT2D eigenvalue weighted by Crippen LogP contribution is 2.24. The monoisotopic (exact) mass is 380 g/mol. The Kier molecular flexibility index (Phi) is 6.87. The van der Waals surface area contributed by atoms with Crippen molar-refractivity contribution in [1.29, 1.82) is 0 Å². The van der Waals surface area contributed by atoms with Crippen LogP contribution in [0, 0.1) is 5.92 Å². The molecule has 1 aliphatic heterocycles. The Labute approximate surface area is 168 Å². The van der Waals surface area contributed by atoms with Crippen LogP contribution in [-0.2, 0) is 24.1 Å². The SMILES string of the molecule is CC(C)C[C@H](N)C(=O)Oc1ccc2c(c1)CCN(C)CCc1ccccc1C2. The zero-order valence-corrected chi connectivity index (χ0v) is 17.3. The van der Waals surface area contributed by atoms with E-state index in [0.29, 0.717) is 18.1 Å². The molecule has 3 rings (SSSR count). The van der Waals surface area contributed by atoms with E-state index in [2.05, 4.69) is 56.1 Å². The molecule has 28 heavy (non-hydrogen) atoms. The Hall–Kier alpha value is -2.17. The number of fused-ring (bicyclic) bond motifs is 2. The average molecular weight is 381 g/mol. The summed E-state index contributed by atoms with van der Waals surface area (Å²) in [6.45, 7) is 6.14. The predicted molar refractivity (Wildman–Crippen MR) is 114 cm³/mol. The molecule has 4 heteroatoms. The van der Waals surface area contributed by atoms with Gasteiger partial charge >= 0.3 is 5.97 Å². The van der Waals surface area contributed by atoms with Crippen molar-refractivity contribution >= 4 is 5.97 Å². The lowest BCUT2D eigenvalue weighted by molar-refractivity contribution is -0.136. The fourth-order valence-electron chi connectivity index (χ4n) is 3.78. The lowest BCUT2D eigenvalue weighted by Gasteiger charge is -2.22. The largest absolute Gasteiger partial charge is 0.425 e. The normalized spacial score (nSPS) is 16.2. The first-order valence-electron chi connectivity index (χ1n) is 10.3. The summed E-state index contributed by atoms with van der Waals surface area (Å²) >= 11 is 0. The molecule has 0 saturated carbocycles. The van der Waals surface area contributed by atoms with Crippen molar-refractivity contribution in [3.8, 4) is 5.75 Å². The molecule has 2 N–H and O–H groups in total. The van der Waals surface area contributed by atoms with Gasteiger partial charge in [0.1, 0.15) is 11.8 Å². The summed E-state index contributed by atoms with van der Waals surface area (Å²) in [4.78, 5) is 14.7. The van der Waals surface area contributed by atoms with Crippen LogP contribution in [0.15, 0.2) is 42.5 Å². The van der Waals surface area contributed by atoms with E-state index in [1.165, 1.54) is 22.3 Å². The van der Waals surface area contributed by atoms with Crippen molar-refractivity contribution in [2.24, 2.45) is 11.7 Å². The summed E-state index contributed by atoms with van der Waals surface area (Å²) in [6, 6.07) is 14.1. The van der Waals surface area contributed by atoms with E-state index in [4.69, 9.17) is 10.5 Å². The molecule has 2 aromatic carbocycles. The van der Waals surface area contributed by atoms with Gasteiger partial charge < -0.3 is 15.4 Å². The first kappa shape index (κ1) is 20.6. The van der Waals surface area contributed by atoms with Crippen LogP contribution in [-0.4, -0.2) is 37.0 Å². The number of hydrogen-bond donors (Lipinski definition) is 1. The smallest absolute Gasteiger partial charge is 0.328 e. The Balaban J connectivity index is 1.83. The lowest BCUT2D eigenvalue weighted by Crippen LogP contribution is -2.35. The number of ether oxygens (including phenoxy) is 1. The van der Waals surface area contributed by atoms with Gasteiger partial charge in [0.05, 0.1) is 0 Å². The van der Waals surface area contributed by atoms with Gasteiger partial charge in [-0.1, -0.05) is 44.2 Å². The van der Waals surface area contributed by atoms with Crippen molar-refractivity contribution in [3.05, 3.63) is 64.7 Å². The summed E-state index contributed by atoms with van der Waals surface area (Å²) in [5, 5.41) is 0. The van der Waals surface area contributed by atoms with Crippen molar-refractivity contribution in [2.45, 2.75) is 45.6 Å². The van der Waals surface area contributed by atoms with Gasteiger partial charge in [-0.3, -0.25) is 0 Å². The fourth-order valence-corrected chi connectivity index (χ4v) is 3.78. The minimum atomic E-state index is -0.577. The molecular formula is C24H32N2O2. The first-order valence-corrected chi connectivity index (χ1v) is 10.3. The molecule has 0 spiro atoms. The third-order valence-electron chi connectivity index (χ3n) is 5.45.